The molecule has 1 saturated carbocycles. The Bertz CT molecular complexity index is 1450. The predicted octanol–water partition coefficient (Wildman–Crippen LogP) is 2.84. The minimum Gasteiger partial charge on any atom is -0.355 e. The molecule has 0 radical (unpaired) electrons. The van der Waals surface area contributed by atoms with E-state index in [9.17, 15) is 10.1 Å². The monoisotopic (exact) mass is 415 g/mol. The molecule has 2 aliphatic rings. The molecule has 0 bridgehead atoms. The topological polar surface area (TPSA) is 103 Å². The van der Waals surface area contributed by atoms with Crippen molar-refractivity contribution >= 4 is 16.6 Å². The van der Waals surface area contributed by atoms with Crippen LogP contribution in [-0.2, 0) is 10.5 Å². The summed E-state index contributed by atoms with van der Waals surface area (Å²) in [5, 5.41) is 17.8. The van der Waals surface area contributed by atoms with Crippen LogP contribution in [0.4, 0.5) is 0 Å². The summed E-state index contributed by atoms with van der Waals surface area (Å²) in [7, 11) is 0. The third-order valence-corrected chi connectivity index (χ3v) is 6.71. The molecule has 0 N–H and O–H groups in total. The molecule has 3 unspecified atom stereocenters. The van der Waals surface area contributed by atoms with Gasteiger partial charge in [0.2, 0.25) is 6.19 Å². The van der Waals surface area contributed by atoms with Crippen LogP contribution in [0.25, 0.3) is 27.9 Å². The molecule has 156 valence electrons. The van der Waals surface area contributed by atoms with Crippen molar-refractivity contribution in [3.8, 4) is 17.6 Å². The van der Waals surface area contributed by atoms with Gasteiger partial charge in [0.05, 0.1) is 16.7 Å². The molecule has 6 rings (SSSR count). The van der Waals surface area contributed by atoms with Gasteiger partial charge < -0.3 is 4.74 Å². The van der Waals surface area contributed by atoms with Gasteiger partial charge in [0.1, 0.15) is 29.0 Å². The minimum absolute atomic E-state index is 0.183. The molecule has 3 atom stereocenters. The second-order valence-corrected chi connectivity index (χ2v) is 8.72. The number of nitriles is 1. The van der Waals surface area contributed by atoms with Gasteiger partial charge in [0.25, 0.3) is 5.56 Å². The molecule has 9 heteroatoms. The van der Waals surface area contributed by atoms with Crippen molar-refractivity contribution in [1.29, 1.82) is 5.26 Å². The first-order chi connectivity index (χ1) is 15.0. The Morgan fingerprint density at radius 2 is 2.03 bits per heavy atom. The zero-order chi connectivity index (χ0) is 21.3. The quantitative estimate of drug-likeness (QED) is 0.510. The maximum absolute atomic E-state index is 13.9. The van der Waals surface area contributed by atoms with E-state index in [1.54, 1.807) is 10.9 Å². The molecule has 4 heterocycles. The fourth-order valence-electron chi connectivity index (χ4n) is 4.96. The first kappa shape index (κ1) is 18.3. The summed E-state index contributed by atoms with van der Waals surface area (Å²) < 4.78 is 10.9. The molecular weight excluding hydrogens is 394 g/mol. The van der Waals surface area contributed by atoms with E-state index in [1.807, 2.05) is 35.6 Å². The molecule has 3 aromatic heterocycles. The van der Waals surface area contributed by atoms with Crippen LogP contribution in [0.2, 0.25) is 0 Å². The summed E-state index contributed by atoms with van der Waals surface area (Å²) in [4.78, 5) is 18.5. The third kappa shape index (κ3) is 2.45. The molecule has 1 aliphatic heterocycles. The van der Waals surface area contributed by atoms with E-state index >= 15 is 0 Å². The summed E-state index contributed by atoms with van der Waals surface area (Å²) >= 11 is 0. The van der Waals surface area contributed by atoms with Crippen molar-refractivity contribution in [2.24, 2.45) is 5.92 Å². The number of aromatic nitrogens is 6. The van der Waals surface area contributed by atoms with Gasteiger partial charge >= 0.3 is 0 Å². The highest BCUT2D eigenvalue weighted by molar-refractivity contribution is 5.85. The summed E-state index contributed by atoms with van der Waals surface area (Å²) in [5.41, 5.74) is 2.88. The second kappa shape index (κ2) is 6.25. The van der Waals surface area contributed by atoms with Gasteiger partial charge in [-0.25, -0.2) is 4.98 Å². The Kier molecular flexibility index (Phi) is 3.68. The lowest BCUT2D eigenvalue weighted by Crippen LogP contribution is -2.39. The van der Waals surface area contributed by atoms with Crippen molar-refractivity contribution in [2.75, 3.05) is 6.61 Å². The molecule has 1 saturated heterocycles. The van der Waals surface area contributed by atoms with Crippen LogP contribution in [0.5, 0.6) is 0 Å². The van der Waals surface area contributed by atoms with E-state index in [1.165, 1.54) is 4.68 Å². The van der Waals surface area contributed by atoms with Gasteiger partial charge in [-0.1, -0.05) is 24.3 Å². The number of hydrogen-bond donors (Lipinski definition) is 0. The lowest BCUT2D eigenvalue weighted by Gasteiger charge is -2.28. The average Bonchev–Trinajstić information content (AvgIpc) is 3.16. The lowest BCUT2D eigenvalue weighted by atomic mass is 10.1. The second-order valence-electron chi connectivity index (χ2n) is 8.72. The van der Waals surface area contributed by atoms with E-state index in [0.29, 0.717) is 29.4 Å². The maximum atomic E-state index is 13.9. The standard InChI is InChI=1S/C22H21N7O2/c1-13-10-14(13)19-18(25-26-28(19)11-23)17-20-21(30)29(22(2)8-5-9-31-22)16-7-4-3-6-15(16)27(20)12-24-17/h3-4,6-7,12-14H,5,8-10H2,1-2H3. The van der Waals surface area contributed by atoms with Crippen LogP contribution in [-0.4, -0.2) is 35.6 Å². The fourth-order valence-corrected chi connectivity index (χ4v) is 4.96. The molecule has 4 aromatic rings. The summed E-state index contributed by atoms with van der Waals surface area (Å²) in [6.07, 6.45) is 6.35. The van der Waals surface area contributed by atoms with Crippen LogP contribution in [0, 0.1) is 17.4 Å². The van der Waals surface area contributed by atoms with Gasteiger partial charge in [-0.15, -0.1) is 9.78 Å². The minimum atomic E-state index is -0.724. The summed E-state index contributed by atoms with van der Waals surface area (Å²) in [5.74, 6) is 0.640. The van der Waals surface area contributed by atoms with Crippen LogP contribution in [0.1, 0.15) is 44.7 Å². The van der Waals surface area contributed by atoms with Crippen LogP contribution >= 0.6 is 0 Å². The summed E-state index contributed by atoms with van der Waals surface area (Å²) in [6.45, 7) is 4.71. The van der Waals surface area contributed by atoms with Crippen molar-refractivity contribution in [3.05, 3.63) is 46.6 Å². The molecule has 0 amide bonds. The molecular formula is C22H21N7O2. The van der Waals surface area contributed by atoms with Crippen molar-refractivity contribution in [2.45, 2.75) is 44.8 Å². The lowest BCUT2D eigenvalue weighted by molar-refractivity contribution is -0.0447. The Morgan fingerprint density at radius 3 is 2.71 bits per heavy atom. The number of hydrogen-bond acceptors (Lipinski definition) is 6. The normalized spacial score (nSPS) is 25.3. The number of nitrogens with zero attached hydrogens (tertiary/aromatic N) is 7. The van der Waals surface area contributed by atoms with Crippen molar-refractivity contribution in [3.63, 3.8) is 0 Å². The first-order valence-corrected chi connectivity index (χ1v) is 10.5. The van der Waals surface area contributed by atoms with Crippen LogP contribution in [0.3, 0.4) is 0 Å². The number of rotatable bonds is 3. The molecule has 31 heavy (non-hydrogen) atoms. The Balaban J connectivity index is 1.70. The molecule has 1 aromatic carbocycles. The number of fused-ring (bicyclic) bond motifs is 3. The van der Waals surface area contributed by atoms with E-state index < -0.39 is 5.72 Å². The Labute approximate surface area is 177 Å². The number of ether oxygens (including phenoxy) is 1. The smallest absolute Gasteiger partial charge is 0.280 e. The highest BCUT2D eigenvalue weighted by atomic mass is 16.5. The summed E-state index contributed by atoms with van der Waals surface area (Å²) in [6, 6.07) is 7.77. The number of imidazole rings is 1. The third-order valence-electron chi connectivity index (χ3n) is 6.71. The SMILES string of the molecule is CC1CC1c1c(-c2ncn3c2c(=O)n(C2(C)CCCO2)c2ccccc23)nnn1C#N. The predicted molar refractivity (Wildman–Crippen MR) is 112 cm³/mol. The molecule has 0 spiro atoms. The van der Waals surface area contributed by atoms with Crippen molar-refractivity contribution in [1.82, 2.24) is 28.9 Å². The van der Waals surface area contributed by atoms with E-state index in [4.69, 9.17) is 4.74 Å². The zero-order valence-electron chi connectivity index (χ0n) is 17.3. The molecule has 1 aliphatic carbocycles. The number of para-hydroxylation sites is 2. The van der Waals surface area contributed by atoms with E-state index in [0.717, 1.165) is 36.0 Å². The highest BCUT2D eigenvalue weighted by Gasteiger charge is 2.41. The maximum Gasteiger partial charge on any atom is 0.280 e. The van der Waals surface area contributed by atoms with Gasteiger partial charge in [0.15, 0.2) is 0 Å². The fraction of sp³-hybridized carbons (Fsp3) is 0.409. The molecule has 2 fully saturated rings. The van der Waals surface area contributed by atoms with E-state index in [-0.39, 0.29) is 11.5 Å². The largest absolute Gasteiger partial charge is 0.355 e. The average molecular weight is 415 g/mol. The van der Waals surface area contributed by atoms with Gasteiger partial charge in [-0.3, -0.25) is 13.8 Å². The van der Waals surface area contributed by atoms with Gasteiger partial charge in [-0.05, 0) is 44.2 Å². The Hall–Kier alpha value is -3.51. The first-order valence-electron chi connectivity index (χ1n) is 10.5. The van der Waals surface area contributed by atoms with Crippen LogP contribution in [0.15, 0.2) is 35.4 Å². The Morgan fingerprint density at radius 1 is 1.26 bits per heavy atom. The highest BCUT2D eigenvalue weighted by Crippen LogP contribution is 2.49. The molecule has 9 nitrogen and oxygen atoms in total. The van der Waals surface area contributed by atoms with E-state index in [2.05, 4.69) is 28.4 Å². The van der Waals surface area contributed by atoms with Gasteiger partial charge in [-0.2, -0.15) is 5.26 Å². The van der Waals surface area contributed by atoms with Crippen molar-refractivity contribution < 1.29 is 4.74 Å². The van der Waals surface area contributed by atoms with Crippen LogP contribution < -0.4 is 5.56 Å². The zero-order valence-corrected chi connectivity index (χ0v) is 17.3. The van der Waals surface area contributed by atoms with Gasteiger partial charge in [0, 0.05) is 12.5 Å². The number of benzene rings is 1.